The molecule has 0 aliphatic carbocycles. The summed E-state index contributed by atoms with van der Waals surface area (Å²) in [7, 11) is 0. The summed E-state index contributed by atoms with van der Waals surface area (Å²) in [5.74, 6) is -1.62. The Morgan fingerprint density at radius 3 is 0.961 bits per heavy atom. The molecule has 8 aromatic rings. The van der Waals surface area contributed by atoms with Gasteiger partial charge < -0.3 is 18.9 Å². The predicted molar refractivity (Wildman–Crippen MR) is 312 cm³/mol. The lowest BCUT2D eigenvalue weighted by Crippen LogP contribution is -2.09. The van der Waals surface area contributed by atoms with E-state index in [-0.39, 0.29) is 26.4 Å². The molecule has 9 nitrogen and oxygen atoms in total. The second-order valence-corrected chi connectivity index (χ2v) is 19.5. The van der Waals surface area contributed by atoms with Crippen LogP contribution >= 0.6 is 22.9 Å². The van der Waals surface area contributed by atoms with Crippen molar-refractivity contribution in [1.82, 2.24) is 0 Å². The Bertz CT molecular complexity index is 3340. The largest absolute Gasteiger partial charge is 0.457 e. The normalized spacial score (nSPS) is 11.9. The van der Waals surface area contributed by atoms with E-state index in [1.807, 2.05) is 194 Å². The summed E-state index contributed by atoms with van der Waals surface area (Å²) >= 11 is 2.34. The maximum atomic E-state index is 13.2. The van der Waals surface area contributed by atoms with Crippen molar-refractivity contribution in [3.8, 4) is 0 Å². The number of ether oxygens (including phenoxy) is 4. The summed E-state index contributed by atoms with van der Waals surface area (Å²) in [6, 6.07) is 68.4. The van der Waals surface area contributed by atoms with Crippen molar-refractivity contribution in [3.05, 3.63) is 285 Å². The fourth-order valence-electron chi connectivity index (χ4n) is 8.73. The predicted octanol–water partition coefficient (Wildman–Crippen LogP) is 15.3. The molecule has 386 valence electrons. The maximum Gasteiger partial charge on any atom is 0.347 e. The molecule has 0 aromatic heterocycles. The number of carbonyl (C=O) groups excluding carboxylic acids is 4. The fourth-order valence-corrected chi connectivity index (χ4v) is 9.35. The minimum Gasteiger partial charge on any atom is -0.457 e. The first-order valence-electron chi connectivity index (χ1n) is 25.5. The molecule has 10 heteroatoms. The van der Waals surface area contributed by atoms with Gasteiger partial charge in [0.1, 0.15) is 32.6 Å². The Kier molecular flexibility index (Phi) is 19.8. The van der Waals surface area contributed by atoms with Gasteiger partial charge in [0.05, 0.1) is 22.3 Å². The zero-order valence-corrected chi connectivity index (χ0v) is 45.3. The third-order valence-corrected chi connectivity index (χ3v) is 13.7. The van der Waals surface area contributed by atoms with Gasteiger partial charge >= 0.3 is 46.7 Å². The van der Waals surface area contributed by atoms with Crippen LogP contribution in [0.25, 0.3) is 22.3 Å². The number of rotatable bonds is 22. The van der Waals surface area contributed by atoms with E-state index in [0.717, 1.165) is 66.8 Å². The van der Waals surface area contributed by atoms with Crippen LogP contribution < -0.4 is 0 Å². The van der Waals surface area contributed by atoms with Gasteiger partial charge in [-0.15, -0.1) is 0 Å². The smallest absolute Gasteiger partial charge is 0.347 e. The number of allylic oxidation sites excluding steroid dienone is 3. The van der Waals surface area contributed by atoms with Gasteiger partial charge in [-0.1, -0.05) is 177 Å². The van der Waals surface area contributed by atoms with E-state index < -0.39 is 23.9 Å². The SMILES string of the molecule is CC/C(=C(\CC/C=[N+](\I)C/C(=C(\C)c1ccc(C(=O)OCc2ccccc2)cc1)c1ccc(C(=O)OCc2ccccc2)cc1)c1ccc(C(=O)OCc2ccccc2)cc1)c1ccc(C(=O)OCc2ccccc2)cc1. The Morgan fingerprint density at radius 1 is 0.377 bits per heavy atom. The molecule has 0 bridgehead atoms. The number of hydrogen-bond donors (Lipinski definition) is 0. The van der Waals surface area contributed by atoms with Crippen LogP contribution in [0.5, 0.6) is 0 Å². The van der Waals surface area contributed by atoms with Crippen LogP contribution in [0.1, 0.15) is 119 Å². The van der Waals surface area contributed by atoms with Crippen LogP contribution in [0.3, 0.4) is 0 Å². The van der Waals surface area contributed by atoms with Crippen LogP contribution in [0.15, 0.2) is 218 Å². The van der Waals surface area contributed by atoms with Crippen LogP contribution in [0, 0.1) is 0 Å². The van der Waals surface area contributed by atoms with E-state index in [1.54, 1.807) is 24.3 Å². The van der Waals surface area contributed by atoms with E-state index in [4.69, 9.17) is 18.9 Å². The standard InChI is InChI=1S/C67H59INO8/c1-3-61(54-28-36-58(37-29-54)65(71)75-45-50-19-10-5-11-20-50)62(55-30-38-59(39-31-55)66(72)76-46-51-21-12-6-13-22-51)25-16-42-69(68)43-63(56-32-40-60(41-33-56)67(73)77-47-52-23-14-7-15-24-52)48(2)53-26-34-57(35-27-53)64(70)74-44-49-17-8-4-9-18-49/h4-15,17-24,26-42H,3,16,25,43-47H2,1-2H3/q+1/b62-61-,63-48-,69-42-. The number of hydrogen-bond acceptors (Lipinski definition) is 8. The van der Waals surface area contributed by atoms with Crippen molar-refractivity contribution in [2.45, 2.75) is 59.5 Å². The van der Waals surface area contributed by atoms with Crippen LogP contribution in [0.2, 0.25) is 0 Å². The molecule has 0 heterocycles. The maximum absolute atomic E-state index is 13.2. The average Bonchev–Trinajstić information content (AvgIpc) is 3.49. The topological polar surface area (TPSA) is 108 Å². The minimum atomic E-state index is -0.411. The van der Waals surface area contributed by atoms with Gasteiger partial charge in [0.2, 0.25) is 0 Å². The molecule has 0 aliphatic rings. The molecule has 77 heavy (non-hydrogen) atoms. The molecule has 0 amide bonds. The lowest BCUT2D eigenvalue weighted by Gasteiger charge is -2.16. The number of benzene rings is 8. The van der Waals surface area contributed by atoms with Gasteiger partial charge in [0, 0.05) is 12.0 Å². The Hall–Kier alpha value is -8.48. The summed E-state index contributed by atoms with van der Waals surface area (Å²) in [5, 5.41) is 0. The molecule has 0 fully saturated rings. The van der Waals surface area contributed by atoms with Gasteiger partial charge in [-0.05, 0) is 130 Å². The molecule has 0 saturated heterocycles. The molecule has 0 radical (unpaired) electrons. The first-order valence-corrected chi connectivity index (χ1v) is 26.5. The third kappa shape index (κ3) is 15.8. The molecule has 0 atom stereocenters. The molecule has 8 aromatic carbocycles. The molecule has 8 rings (SSSR count). The Morgan fingerprint density at radius 2 is 0.649 bits per heavy atom. The first-order chi connectivity index (χ1) is 37.6. The second-order valence-electron chi connectivity index (χ2n) is 18.2. The van der Waals surface area contributed by atoms with Crippen LogP contribution in [0.4, 0.5) is 0 Å². The van der Waals surface area contributed by atoms with Gasteiger partial charge in [-0.25, -0.2) is 19.2 Å². The Labute approximate surface area is 464 Å². The highest BCUT2D eigenvalue weighted by Crippen LogP contribution is 2.34. The van der Waals surface area contributed by atoms with E-state index >= 15 is 0 Å². The summed E-state index contributed by atoms with van der Waals surface area (Å²) in [4.78, 5) is 52.6. The highest BCUT2D eigenvalue weighted by atomic mass is 127. The van der Waals surface area contributed by atoms with Crippen LogP contribution in [-0.2, 0) is 45.4 Å². The summed E-state index contributed by atoms with van der Waals surface area (Å²) < 4.78 is 24.7. The lowest BCUT2D eigenvalue weighted by molar-refractivity contribution is -0.271. The second kappa shape index (κ2) is 27.9. The molecule has 0 saturated carbocycles. The third-order valence-electron chi connectivity index (χ3n) is 13.0. The van der Waals surface area contributed by atoms with E-state index in [2.05, 4.69) is 45.7 Å². The van der Waals surface area contributed by atoms with Crippen molar-refractivity contribution in [2.24, 2.45) is 0 Å². The number of carbonyl (C=O) groups is 4. The number of halogens is 1. The quantitative estimate of drug-likeness (QED) is 0.0165. The molecule has 0 N–H and O–H groups in total. The van der Waals surface area contributed by atoms with Crippen molar-refractivity contribution < 1.29 is 40.9 Å². The lowest BCUT2D eigenvalue weighted by atomic mass is 9.89. The molecular formula is C67H59INO8+. The zero-order valence-electron chi connectivity index (χ0n) is 43.1. The van der Waals surface area contributed by atoms with Gasteiger partial charge in [-0.2, -0.15) is 2.79 Å². The van der Waals surface area contributed by atoms with Crippen molar-refractivity contribution in [3.63, 3.8) is 0 Å². The van der Waals surface area contributed by atoms with Gasteiger partial charge in [0.15, 0.2) is 6.54 Å². The molecule has 0 spiro atoms. The highest BCUT2D eigenvalue weighted by molar-refractivity contribution is 14.1. The van der Waals surface area contributed by atoms with E-state index in [9.17, 15) is 19.2 Å². The molecule has 0 aliphatic heterocycles. The van der Waals surface area contributed by atoms with Crippen molar-refractivity contribution in [2.75, 3.05) is 6.54 Å². The zero-order chi connectivity index (χ0) is 53.8. The minimum absolute atomic E-state index is 0.172. The Balaban J connectivity index is 1.05. The van der Waals surface area contributed by atoms with E-state index in [0.29, 0.717) is 48.1 Å². The van der Waals surface area contributed by atoms with Crippen molar-refractivity contribution >= 4 is 75.2 Å². The number of esters is 4. The average molecular weight is 1130 g/mol. The first kappa shape index (κ1) is 54.8. The van der Waals surface area contributed by atoms with Gasteiger partial charge in [0.25, 0.3) is 0 Å². The van der Waals surface area contributed by atoms with Gasteiger partial charge in [-0.3, -0.25) is 0 Å². The monoisotopic (exact) mass is 1130 g/mol. The van der Waals surface area contributed by atoms with E-state index in [1.165, 1.54) is 0 Å². The summed E-state index contributed by atoms with van der Waals surface area (Å²) in [6.45, 7) is 5.40. The summed E-state index contributed by atoms with van der Waals surface area (Å²) in [5.41, 5.74) is 13.4. The summed E-state index contributed by atoms with van der Waals surface area (Å²) in [6.07, 6.45) is 4.18. The fraction of sp³-hybridized carbons (Fsp3) is 0.149. The molecular weight excluding hydrogens is 1070 g/mol. The highest BCUT2D eigenvalue weighted by Gasteiger charge is 2.19. The number of nitrogens with zero attached hydrogens (tertiary/aromatic N) is 1. The molecule has 0 unspecified atom stereocenters. The van der Waals surface area contributed by atoms with Crippen LogP contribution in [-0.4, -0.2) is 39.4 Å². The van der Waals surface area contributed by atoms with Crippen molar-refractivity contribution in [1.29, 1.82) is 0 Å².